The average Bonchev–Trinajstić information content (AvgIpc) is 2.22. The van der Waals surface area contributed by atoms with E-state index in [1.54, 1.807) is 30.5 Å². The molecule has 0 saturated heterocycles. The van der Waals surface area contributed by atoms with Crippen LogP contribution >= 0.6 is 0 Å². The van der Waals surface area contributed by atoms with Gasteiger partial charge in [-0.2, -0.15) is 0 Å². The summed E-state index contributed by atoms with van der Waals surface area (Å²) in [7, 11) is 0. The van der Waals surface area contributed by atoms with E-state index < -0.39 is 6.23 Å². The number of anilines is 1. The number of halogens is 1. The summed E-state index contributed by atoms with van der Waals surface area (Å²) in [4.78, 5) is 1.50. The molecule has 1 atom stereocenters. The molecular weight excluding hydrogens is 195 g/mol. The van der Waals surface area contributed by atoms with E-state index in [-0.39, 0.29) is 5.82 Å². The molecular formula is C11H11FN2O. The summed E-state index contributed by atoms with van der Waals surface area (Å²) in [6, 6.07) is 5.98. The first kappa shape index (κ1) is 9.73. The van der Waals surface area contributed by atoms with Crippen LogP contribution in [0, 0.1) is 5.82 Å². The van der Waals surface area contributed by atoms with Crippen molar-refractivity contribution in [2.75, 3.05) is 4.90 Å². The fourth-order valence-corrected chi connectivity index (χ4v) is 1.44. The van der Waals surface area contributed by atoms with Crippen LogP contribution in [0.25, 0.3) is 0 Å². The van der Waals surface area contributed by atoms with Crippen LogP contribution in [0.5, 0.6) is 0 Å². The minimum Gasteiger partial charge on any atom is -0.398 e. The first-order valence-corrected chi connectivity index (χ1v) is 4.54. The predicted octanol–water partition coefficient (Wildman–Crippen LogP) is 1.32. The maximum Gasteiger partial charge on any atom is 0.171 e. The van der Waals surface area contributed by atoms with Crippen LogP contribution in [0.3, 0.4) is 0 Å². The second-order valence-electron chi connectivity index (χ2n) is 3.27. The van der Waals surface area contributed by atoms with E-state index in [9.17, 15) is 9.50 Å². The van der Waals surface area contributed by atoms with Gasteiger partial charge in [-0.3, -0.25) is 0 Å². The van der Waals surface area contributed by atoms with Gasteiger partial charge in [0.25, 0.3) is 0 Å². The number of hydrogen-bond donors (Lipinski definition) is 2. The molecule has 0 radical (unpaired) electrons. The quantitative estimate of drug-likeness (QED) is 0.728. The Balaban J connectivity index is 2.33. The number of hydrogen-bond acceptors (Lipinski definition) is 3. The molecule has 0 spiro atoms. The predicted molar refractivity (Wildman–Crippen MR) is 56.3 cm³/mol. The van der Waals surface area contributed by atoms with Crippen LogP contribution in [0.1, 0.15) is 0 Å². The minimum atomic E-state index is -0.934. The van der Waals surface area contributed by atoms with Gasteiger partial charge in [-0.05, 0) is 30.4 Å². The minimum absolute atomic E-state index is 0.335. The number of aliphatic hydroxyl groups is 1. The Morgan fingerprint density at radius 1 is 1.40 bits per heavy atom. The van der Waals surface area contributed by atoms with Crippen LogP contribution in [-0.4, -0.2) is 11.3 Å². The lowest BCUT2D eigenvalue weighted by molar-refractivity contribution is 0.212. The third-order valence-electron chi connectivity index (χ3n) is 2.20. The highest BCUT2D eigenvalue weighted by Crippen LogP contribution is 2.21. The van der Waals surface area contributed by atoms with Gasteiger partial charge in [-0.25, -0.2) is 4.39 Å². The average molecular weight is 206 g/mol. The third-order valence-corrected chi connectivity index (χ3v) is 2.20. The van der Waals surface area contributed by atoms with Crippen molar-refractivity contribution >= 4 is 5.69 Å². The molecule has 0 aliphatic carbocycles. The molecule has 1 aromatic rings. The van der Waals surface area contributed by atoms with Gasteiger partial charge in [0.05, 0.1) is 5.70 Å². The number of nitrogens with two attached hydrogens (primary N) is 1. The van der Waals surface area contributed by atoms with Crippen LogP contribution in [0.15, 0.2) is 48.3 Å². The Hall–Kier alpha value is -1.81. The highest BCUT2D eigenvalue weighted by Gasteiger charge is 2.18. The van der Waals surface area contributed by atoms with E-state index in [2.05, 4.69) is 0 Å². The summed E-state index contributed by atoms with van der Waals surface area (Å²) in [6.07, 6.45) is 4.03. The molecule has 1 unspecified atom stereocenters. The zero-order chi connectivity index (χ0) is 10.8. The molecule has 1 aliphatic heterocycles. The van der Waals surface area contributed by atoms with Crippen molar-refractivity contribution in [3.63, 3.8) is 0 Å². The molecule has 2 rings (SSSR count). The first-order valence-electron chi connectivity index (χ1n) is 4.54. The fourth-order valence-electron chi connectivity index (χ4n) is 1.44. The summed E-state index contributed by atoms with van der Waals surface area (Å²) < 4.78 is 13.0. The van der Waals surface area contributed by atoms with Crippen LogP contribution in [0.2, 0.25) is 0 Å². The van der Waals surface area contributed by atoms with Crippen molar-refractivity contribution in [3.8, 4) is 0 Å². The van der Waals surface area contributed by atoms with Gasteiger partial charge in [-0.1, -0.05) is 6.07 Å². The summed E-state index contributed by atoms with van der Waals surface area (Å²) in [5.41, 5.74) is 6.47. The Kier molecular flexibility index (Phi) is 2.43. The summed E-state index contributed by atoms with van der Waals surface area (Å²) in [5.74, 6) is -0.346. The van der Waals surface area contributed by atoms with Crippen molar-refractivity contribution in [1.82, 2.24) is 0 Å². The topological polar surface area (TPSA) is 49.5 Å². The monoisotopic (exact) mass is 206 g/mol. The normalized spacial score (nSPS) is 20.3. The maximum absolute atomic E-state index is 13.0. The van der Waals surface area contributed by atoms with Crippen molar-refractivity contribution in [2.45, 2.75) is 6.23 Å². The Morgan fingerprint density at radius 3 is 2.93 bits per heavy atom. The largest absolute Gasteiger partial charge is 0.398 e. The fraction of sp³-hybridized carbons (Fsp3) is 0.0909. The molecule has 3 nitrogen and oxygen atoms in total. The van der Waals surface area contributed by atoms with E-state index in [0.717, 1.165) is 0 Å². The smallest absolute Gasteiger partial charge is 0.171 e. The Bertz CT molecular complexity index is 428. The van der Waals surface area contributed by atoms with E-state index in [1.807, 2.05) is 0 Å². The summed E-state index contributed by atoms with van der Waals surface area (Å²) in [6.45, 7) is 0. The number of aliphatic hydroxyl groups excluding tert-OH is 1. The highest BCUT2D eigenvalue weighted by atomic mass is 19.1. The molecule has 1 heterocycles. The summed E-state index contributed by atoms with van der Waals surface area (Å²) >= 11 is 0. The van der Waals surface area contributed by atoms with E-state index in [1.165, 1.54) is 17.0 Å². The molecule has 1 aliphatic rings. The van der Waals surface area contributed by atoms with E-state index in [4.69, 9.17) is 5.73 Å². The van der Waals surface area contributed by atoms with Crippen LogP contribution in [-0.2, 0) is 0 Å². The van der Waals surface area contributed by atoms with Crippen molar-refractivity contribution in [2.24, 2.45) is 5.73 Å². The second kappa shape index (κ2) is 3.74. The maximum atomic E-state index is 13.0. The van der Waals surface area contributed by atoms with Crippen molar-refractivity contribution < 1.29 is 9.50 Å². The standard InChI is InChI=1S/C11H11FN2O/c12-8-3-1-4-9(7-8)14-6-2-5-10(13)11(14)15/h1-7,11,15H,13H2. The number of rotatable bonds is 1. The molecule has 0 fully saturated rings. The zero-order valence-electron chi connectivity index (χ0n) is 7.97. The molecule has 1 aromatic carbocycles. The third kappa shape index (κ3) is 1.85. The van der Waals surface area contributed by atoms with Gasteiger partial charge in [0.15, 0.2) is 6.23 Å². The SMILES string of the molecule is NC1=CC=CN(c2cccc(F)c2)C1O. The molecule has 0 bridgehead atoms. The Morgan fingerprint density at radius 2 is 2.20 bits per heavy atom. The molecule has 0 aromatic heterocycles. The van der Waals surface area contributed by atoms with Gasteiger partial charge in [0.1, 0.15) is 5.82 Å². The van der Waals surface area contributed by atoms with Crippen LogP contribution in [0.4, 0.5) is 10.1 Å². The Labute approximate surface area is 86.9 Å². The second-order valence-corrected chi connectivity index (χ2v) is 3.27. The molecule has 0 saturated carbocycles. The number of nitrogens with zero attached hydrogens (tertiary/aromatic N) is 1. The van der Waals surface area contributed by atoms with Gasteiger partial charge in [0.2, 0.25) is 0 Å². The zero-order valence-corrected chi connectivity index (χ0v) is 7.97. The van der Waals surface area contributed by atoms with Crippen LogP contribution < -0.4 is 10.6 Å². The lowest BCUT2D eigenvalue weighted by Crippen LogP contribution is -2.36. The van der Waals surface area contributed by atoms with E-state index in [0.29, 0.717) is 11.4 Å². The molecule has 78 valence electrons. The van der Waals surface area contributed by atoms with Crippen molar-refractivity contribution in [3.05, 3.63) is 54.1 Å². The van der Waals surface area contributed by atoms with Crippen molar-refractivity contribution in [1.29, 1.82) is 0 Å². The highest BCUT2D eigenvalue weighted by molar-refractivity contribution is 5.53. The summed E-state index contributed by atoms with van der Waals surface area (Å²) in [5, 5.41) is 9.74. The first-order chi connectivity index (χ1) is 7.18. The van der Waals surface area contributed by atoms with E-state index >= 15 is 0 Å². The number of allylic oxidation sites excluding steroid dienone is 2. The lowest BCUT2D eigenvalue weighted by atomic mass is 10.2. The molecule has 0 amide bonds. The van der Waals surface area contributed by atoms with Gasteiger partial charge in [0, 0.05) is 11.9 Å². The molecule has 4 heteroatoms. The number of benzene rings is 1. The van der Waals surface area contributed by atoms with Gasteiger partial charge < -0.3 is 15.7 Å². The van der Waals surface area contributed by atoms with Gasteiger partial charge in [-0.15, -0.1) is 0 Å². The molecule has 15 heavy (non-hydrogen) atoms. The molecule has 3 N–H and O–H groups in total. The van der Waals surface area contributed by atoms with Gasteiger partial charge >= 0.3 is 0 Å². The lowest BCUT2D eigenvalue weighted by Gasteiger charge is -2.28.